The van der Waals surface area contributed by atoms with Gasteiger partial charge in [-0.2, -0.15) is 0 Å². The van der Waals surface area contributed by atoms with Crippen molar-refractivity contribution < 1.29 is 14.6 Å². The maximum atomic E-state index is 11.1. The summed E-state index contributed by atoms with van der Waals surface area (Å²) in [5, 5.41) is 14.4. The molecule has 0 saturated carbocycles. The number of hydrogen-bond acceptors (Lipinski definition) is 4. The lowest BCUT2D eigenvalue weighted by Gasteiger charge is -2.43. The summed E-state index contributed by atoms with van der Waals surface area (Å²) in [6.45, 7) is 6.96. The van der Waals surface area contributed by atoms with Crippen molar-refractivity contribution >= 4 is 0 Å². The molecule has 0 aromatic heterocycles. The monoisotopic (exact) mass is 293 g/mol. The molecule has 2 N–H and O–H groups in total. The summed E-state index contributed by atoms with van der Waals surface area (Å²) in [5.74, 6) is 1.45. The highest BCUT2D eigenvalue weighted by Crippen LogP contribution is 2.43. The molecule has 2 rings (SSSR count). The van der Waals surface area contributed by atoms with Gasteiger partial charge in [-0.15, -0.1) is 0 Å². The number of rotatable bonds is 6. The number of benzene rings is 1. The fourth-order valence-corrected chi connectivity index (χ4v) is 2.92. The third-order valence-electron chi connectivity index (χ3n) is 3.90. The van der Waals surface area contributed by atoms with Crippen molar-refractivity contribution in [2.75, 3.05) is 13.7 Å². The lowest BCUT2D eigenvalue weighted by Crippen LogP contribution is -2.52. The van der Waals surface area contributed by atoms with Gasteiger partial charge in [-0.25, -0.2) is 0 Å². The molecule has 0 radical (unpaired) electrons. The molecule has 0 bridgehead atoms. The Morgan fingerprint density at radius 3 is 2.76 bits per heavy atom. The molecule has 21 heavy (non-hydrogen) atoms. The van der Waals surface area contributed by atoms with Gasteiger partial charge in [0, 0.05) is 12.0 Å². The largest absolute Gasteiger partial charge is 0.497 e. The van der Waals surface area contributed by atoms with Gasteiger partial charge < -0.3 is 14.6 Å². The summed E-state index contributed by atoms with van der Waals surface area (Å²) in [7, 11) is 1.63. The summed E-state index contributed by atoms with van der Waals surface area (Å²) in [4.78, 5) is 0. The summed E-state index contributed by atoms with van der Waals surface area (Å²) in [6.07, 6.45) is 3.89. The second-order valence-corrected chi connectivity index (χ2v) is 6.39. The number of ether oxygens (including phenoxy) is 2. The summed E-state index contributed by atoms with van der Waals surface area (Å²) in [5.41, 5.74) is -0.717. The Labute approximate surface area is 127 Å². The molecule has 1 aliphatic rings. The number of hydrogen-bond donors (Lipinski definition) is 2. The van der Waals surface area contributed by atoms with E-state index in [9.17, 15) is 5.11 Å². The number of methoxy groups -OCH3 is 1. The first kappa shape index (κ1) is 16.1. The van der Waals surface area contributed by atoms with Gasteiger partial charge >= 0.3 is 0 Å². The lowest BCUT2D eigenvalue weighted by atomic mass is 9.86. The third kappa shape index (κ3) is 3.69. The van der Waals surface area contributed by atoms with Crippen LogP contribution in [0.4, 0.5) is 0 Å². The Kier molecular flexibility index (Phi) is 4.79. The van der Waals surface area contributed by atoms with Crippen LogP contribution in [0.15, 0.2) is 18.2 Å². The molecule has 0 spiro atoms. The van der Waals surface area contributed by atoms with Crippen LogP contribution >= 0.6 is 0 Å². The minimum absolute atomic E-state index is 0.409. The molecule has 118 valence electrons. The SMILES string of the molecule is CCCCCNC1(O)CC(C)(C)Oc2ccc(OC)cc21. The van der Waals surface area contributed by atoms with Gasteiger partial charge in [-0.05, 0) is 45.0 Å². The summed E-state index contributed by atoms with van der Waals surface area (Å²) >= 11 is 0. The highest BCUT2D eigenvalue weighted by atomic mass is 16.5. The number of fused-ring (bicyclic) bond motifs is 1. The molecule has 0 fully saturated rings. The van der Waals surface area contributed by atoms with Crippen molar-refractivity contribution in [3.63, 3.8) is 0 Å². The first-order valence-corrected chi connectivity index (χ1v) is 7.75. The van der Waals surface area contributed by atoms with Gasteiger partial charge in [0.1, 0.15) is 22.8 Å². The smallest absolute Gasteiger partial charge is 0.149 e. The minimum Gasteiger partial charge on any atom is -0.497 e. The topological polar surface area (TPSA) is 50.7 Å². The number of nitrogens with one attached hydrogen (secondary N) is 1. The average molecular weight is 293 g/mol. The Morgan fingerprint density at radius 1 is 1.33 bits per heavy atom. The Morgan fingerprint density at radius 2 is 2.10 bits per heavy atom. The average Bonchev–Trinajstić information content (AvgIpc) is 2.42. The van der Waals surface area contributed by atoms with Crippen LogP contribution in [0.2, 0.25) is 0 Å². The molecule has 0 saturated heterocycles. The first-order chi connectivity index (χ1) is 9.90. The van der Waals surface area contributed by atoms with Crippen LogP contribution in [0.1, 0.15) is 52.0 Å². The summed E-state index contributed by atoms with van der Waals surface area (Å²) < 4.78 is 11.3. The zero-order valence-electron chi connectivity index (χ0n) is 13.5. The number of aliphatic hydroxyl groups is 1. The predicted octanol–water partition coefficient (Wildman–Crippen LogP) is 3.18. The van der Waals surface area contributed by atoms with E-state index in [1.165, 1.54) is 6.42 Å². The fraction of sp³-hybridized carbons (Fsp3) is 0.647. The van der Waals surface area contributed by atoms with Gasteiger partial charge in [-0.1, -0.05) is 19.8 Å². The van der Waals surface area contributed by atoms with Crippen molar-refractivity contribution in [1.82, 2.24) is 5.32 Å². The molecule has 1 aliphatic heterocycles. The molecule has 4 nitrogen and oxygen atoms in total. The molecule has 1 aromatic rings. The van der Waals surface area contributed by atoms with Gasteiger partial charge in [0.15, 0.2) is 0 Å². The lowest BCUT2D eigenvalue weighted by molar-refractivity contribution is -0.0860. The van der Waals surface area contributed by atoms with Gasteiger partial charge in [0.05, 0.1) is 7.11 Å². The van der Waals surface area contributed by atoms with E-state index >= 15 is 0 Å². The molecule has 0 aliphatic carbocycles. The molecule has 4 heteroatoms. The fourth-order valence-electron chi connectivity index (χ4n) is 2.92. The molecule has 1 unspecified atom stereocenters. The maximum Gasteiger partial charge on any atom is 0.149 e. The van der Waals surface area contributed by atoms with Gasteiger partial charge in [0.2, 0.25) is 0 Å². The van der Waals surface area contributed by atoms with Crippen molar-refractivity contribution in [2.45, 2.75) is 57.8 Å². The zero-order chi connectivity index (χ0) is 15.5. The van der Waals surface area contributed by atoms with E-state index in [4.69, 9.17) is 9.47 Å². The second-order valence-electron chi connectivity index (χ2n) is 6.39. The van der Waals surface area contributed by atoms with Crippen molar-refractivity contribution in [1.29, 1.82) is 0 Å². The zero-order valence-corrected chi connectivity index (χ0v) is 13.5. The van der Waals surface area contributed by atoms with Gasteiger partial charge in [-0.3, -0.25) is 5.32 Å². The van der Waals surface area contributed by atoms with Crippen LogP contribution in [-0.4, -0.2) is 24.4 Å². The number of unbranched alkanes of at least 4 members (excludes halogenated alkanes) is 2. The predicted molar refractivity (Wildman–Crippen MR) is 83.7 cm³/mol. The van der Waals surface area contributed by atoms with Crippen molar-refractivity contribution in [2.24, 2.45) is 0 Å². The van der Waals surface area contributed by atoms with Crippen LogP contribution in [0.5, 0.6) is 11.5 Å². The minimum atomic E-state index is -1.07. The van der Waals surface area contributed by atoms with Crippen molar-refractivity contribution in [3.8, 4) is 11.5 Å². The van der Waals surface area contributed by atoms with Gasteiger partial charge in [0.25, 0.3) is 0 Å². The third-order valence-corrected chi connectivity index (χ3v) is 3.90. The van der Waals surface area contributed by atoms with Crippen LogP contribution in [-0.2, 0) is 5.72 Å². The maximum absolute atomic E-state index is 11.1. The van der Waals surface area contributed by atoms with E-state index < -0.39 is 11.3 Å². The second kappa shape index (κ2) is 6.24. The van der Waals surface area contributed by atoms with Crippen LogP contribution in [0.3, 0.4) is 0 Å². The molecule has 1 atom stereocenters. The van der Waals surface area contributed by atoms with E-state index in [0.717, 1.165) is 36.4 Å². The first-order valence-electron chi connectivity index (χ1n) is 7.75. The normalized spacial score (nSPS) is 23.3. The standard InChI is InChI=1S/C17H27NO3/c1-5-6-7-10-18-17(19)12-16(2,3)21-15-9-8-13(20-4)11-14(15)17/h8-9,11,18-19H,5-7,10,12H2,1-4H3. The van der Waals surface area contributed by atoms with Crippen molar-refractivity contribution in [3.05, 3.63) is 23.8 Å². The van der Waals surface area contributed by atoms with Crippen LogP contribution < -0.4 is 14.8 Å². The van der Waals surface area contributed by atoms with E-state index in [0.29, 0.717) is 6.42 Å². The Balaban J connectivity index is 2.27. The highest BCUT2D eigenvalue weighted by Gasteiger charge is 2.43. The van der Waals surface area contributed by atoms with E-state index in [2.05, 4.69) is 12.2 Å². The van der Waals surface area contributed by atoms with E-state index in [1.54, 1.807) is 7.11 Å². The Bertz CT molecular complexity index is 487. The molecule has 0 amide bonds. The quantitative estimate of drug-likeness (QED) is 0.625. The molecule has 1 heterocycles. The van der Waals surface area contributed by atoms with E-state index in [1.807, 2.05) is 32.0 Å². The highest BCUT2D eigenvalue weighted by molar-refractivity contribution is 5.45. The van der Waals surface area contributed by atoms with Crippen LogP contribution in [0.25, 0.3) is 0 Å². The molecular weight excluding hydrogens is 266 g/mol. The summed E-state index contributed by atoms with van der Waals surface area (Å²) in [6, 6.07) is 5.59. The molecule has 1 aromatic carbocycles. The Hall–Kier alpha value is -1.26. The molecular formula is C17H27NO3. The van der Waals surface area contributed by atoms with Crippen LogP contribution in [0, 0.1) is 0 Å². The van der Waals surface area contributed by atoms with E-state index in [-0.39, 0.29) is 0 Å².